The molecule has 0 aromatic heterocycles. The van der Waals surface area contributed by atoms with Crippen molar-refractivity contribution in [3.63, 3.8) is 0 Å². The third kappa shape index (κ3) is 5.75. The van der Waals surface area contributed by atoms with Crippen LogP contribution in [0.5, 0.6) is 11.5 Å². The minimum Gasteiger partial charge on any atom is -0.491 e. The molecule has 1 unspecified atom stereocenters. The Morgan fingerprint density at radius 1 is 1.00 bits per heavy atom. The molecule has 0 heterocycles. The molecule has 0 aliphatic carbocycles. The van der Waals surface area contributed by atoms with E-state index in [4.69, 9.17) is 9.47 Å². The van der Waals surface area contributed by atoms with Crippen LogP contribution >= 0.6 is 0 Å². The molecule has 0 spiro atoms. The van der Waals surface area contributed by atoms with Crippen LogP contribution in [0.2, 0.25) is 0 Å². The number of rotatable bonds is 8. The maximum absolute atomic E-state index is 12.7. The zero-order chi connectivity index (χ0) is 19.8. The summed E-state index contributed by atoms with van der Waals surface area (Å²) in [5.41, 5.74) is 1.31. The number of nitriles is 1. The highest BCUT2D eigenvalue weighted by Crippen LogP contribution is 2.22. The maximum Gasteiger partial charge on any atom is 0.261 e. The highest BCUT2D eigenvalue weighted by Gasteiger charge is 2.25. The Morgan fingerprint density at radius 2 is 1.63 bits per heavy atom. The van der Waals surface area contributed by atoms with E-state index in [0.717, 1.165) is 11.3 Å². The number of para-hydroxylation sites is 2. The molecule has 0 saturated carbocycles. The fourth-order valence-corrected chi connectivity index (χ4v) is 2.59. The molecular weight excluding hydrogens is 340 g/mol. The predicted molar refractivity (Wildman–Crippen MR) is 104 cm³/mol. The number of carbonyl (C=O) groups excluding carboxylic acids is 1. The number of nitrogens with one attached hydrogen (secondary N) is 1. The van der Waals surface area contributed by atoms with Crippen molar-refractivity contribution in [1.82, 2.24) is 5.32 Å². The largest absolute Gasteiger partial charge is 0.491 e. The average molecular weight is 366 g/mol. The van der Waals surface area contributed by atoms with E-state index >= 15 is 0 Å². The molecule has 0 fully saturated rings. The van der Waals surface area contributed by atoms with Gasteiger partial charge in [0.25, 0.3) is 5.91 Å². The minimum absolute atomic E-state index is 0.0519. The molecule has 5 heteroatoms. The molecule has 2 aromatic carbocycles. The first kappa shape index (κ1) is 20.3. The van der Waals surface area contributed by atoms with Crippen LogP contribution < -0.4 is 14.8 Å². The van der Waals surface area contributed by atoms with Gasteiger partial charge < -0.3 is 14.8 Å². The highest BCUT2D eigenvalue weighted by molar-refractivity contribution is 5.81. The number of nitrogens with zero attached hydrogens (tertiary/aromatic N) is 1. The second-order valence-corrected chi connectivity index (χ2v) is 6.88. The summed E-state index contributed by atoms with van der Waals surface area (Å²) in [5, 5.41) is 12.1. The van der Waals surface area contributed by atoms with E-state index in [0.29, 0.717) is 17.9 Å². The van der Waals surface area contributed by atoms with Crippen LogP contribution in [-0.4, -0.2) is 18.1 Å². The quantitative estimate of drug-likeness (QED) is 0.764. The number of benzene rings is 2. The summed E-state index contributed by atoms with van der Waals surface area (Å²) >= 11 is 0. The molecule has 1 atom stereocenters. The summed E-state index contributed by atoms with van der Waals surface area (Å²) in [5.74, 6) is 0.887. The van der Waals surface area contributed by atoms with Crippen molar-refractivity contribution in [2.24, 2.45) is 5.92 Å². The molecule has 0 aliphatic heterocycles. The van der Waals surface area contributed by atoms with Gasteiger partial charge >= 0.3 is 0 Å². The van der Waals surface area contributed by atoms with Crippen LogP contribution in [0.3, 0.4) is 0 Å². The van der Waals surface area contributed by atoms with Gasteiger partial charge in [-0.05, 0) is 38.0 Å². The van der Waals surface area contributed by atoms with Crippen LogP contribution in [0.25, 0.3) is 0 Å². The first-order valence-electron chi connectivity index (χ1n) is 9.10. The van der Waals surface area contributed by atoms with Crippen LogP contribution in [-0.2, 0) is 11.3 Å². The summed E-state index contributed by atoms with van der Waals surface area (Å²) < 4.78 is 11.7. The molecule has 2 rings (SSSR count). The SMILES string of the molecule is CC(C)Oc1ccccc1CNC(=O)C(Oc1ccccc1C#N)C(C)C. The molecule has 27 heavy (non-hydrogen) atoms. The Morgan fingerprint density at radius 3 is 2.26 bits per heavy atom. The molecule has 5 nitrogen and oxygen atoms in total. The van der Waals surface area contributed by atoms with Crippen molar-refractivity contribution < 1.29 is 14.3 Å². The number of ether oxygens (including phenoxy) is 2. The molecule has 142 valence electrons. The third-order valence-corrected chi connectivity index (χ3v) is 3.91. The zero-order valence-corrected chi connectivity index (χ0v) is 16.2. The van der Waals surface area contributed by atoms with E-state index < -0.39 is 6.10 Å². The van der Waals surface area contributed by atoms with Crippen LogP contribution in [0.4, 0.5) is 0 Å². The molecule has 1 amide bonds. The van der Waals surface area contributed by atoms with Crippen LogP contribution in [0.15, 0.2) is 48.5 Å². The summed E-state index contributed by atoms with van der Waals surface area (Å²) in [7, 11) is 0. The van der Waals surface area contributed by atoms with E-state index in [-0.39, 0.29) is 17.9 Å². The maximum atomic E-state index is 12.7. The molecule has 1 N–H and O–H groups in total. The summed E-state index contributed by atoms with van der Waals surface area (Å²) in [6, 6.07) is 16.6. The second kappa shape index (κ2) is 9.63. The number of amides is 1. The zero-order valence-electron chi connectivity index (χ0n) is 16.2. The molecular formula is C22H26N2O3. The van der Waals surface area contributed by atoms with Gasteiger partial charge in [0.05, 0.1) is 11.7 Å². The first-order chi connectivity index (χ1) is 12.9. The standard InChI is InChI=1S/C22H26N2O3/c1-15(2)21(27-19-11-7-5-9-17(19)13-23)22(25)24-14-18-10-6-8-12-20(18)26-16(3)4/h5-12,15-16,21H,14H2,1-4H3,(H,24,25). The van der Waals surface area contributed by atoms with Gasteiger partial charge in [0, 0.05) is 12.1 Å². The molecule has 0 saturated heterocycles. The first-order valence-corrected chi connectivity index (χ1v) is 9.10. The summed E-state index contributed by atoms with van der Waals surface area (Å²) in [6.45, 7) is 8.09. The lowest BCUT2D eigenvalue weighted by molar-refractivity contribution is -0.130. The van der Waals surface area contributed by atoms with Gasteiger partial charge in [-0.3, -0.25) is 4.79 Å². The number of hydrogen-bond donors (Lipinski definition) is 1. The van der Waals surface area contributed by atoms with Crippen molar-refractivity contribution in [3.8, 4) is 17.6 Å². The van der Waals surface area contributed by atoms with Crippen LogP contribution in [0, 0.1) is 17.2 Å². The van der Waals surface area contributed by atoms with E-state index in [1.54, 1.807) is 24.3 Å². The Kier molecular flexibility index (Phi) is 7.25. The topological polar surface area (TPSA) is 71.3 Å². The van der Waals surface area contributed by atoms with E-state index in [9.17, 15) is 10.1 Å². The van der Waals surface area contributed by atoms with Gasteiger partial charge in [0.1, 0.15) is 17.6 Å². The third-order valence-electron chi connectivity index (χ3n) is 3.91. The second-order valence-electron chi connectivity index (χ2n) is 6.88. The van der Waals surface area contributed by atoms with Crippen molar-refractivity contribution in [2.45, 2.75) is 46.4 Å². The van der Waals surface area contributed by atoms with Gasteiger partial charge in [-0.1, -0.05) is 44.2 Å². The van der Waals surface area contributed by atoms with Crippen molar-refractivity contribution in [2.75, 3.05) is 0 Å². The summed E-state index contributed by atoms with van der Waals surface area (Å²) in [6.07, 6.45) is -0.645. The lowest BCUT2D eigenvalue weighted by Gasteiger charge is -2.23. The Balaban J connectivity index is 2.09. The van der Waals surface area contributed by atoms with Crippen molar-refractivity contribution >= 4 is 5.91 Å². The van der Waals surface area contributed by atoms with E-state index in [1.165, 1.54) is 0 Å². The van der Waals surface area contributed by atoms with E-state index in [2.05, 4.69) is 11.4 Å². The lowest BCUT2D eigenvalue weighted by atomic mass is 10.1. The smallest absolute Gasteiger partial charge is 0.261 e. The van der Waals surface area contributed by atoms with Gasteiger partial charge in [0.15, 0.2) is 6.10 Å². The minimum atomic E-state index is -0.697. The molecule has 0 radical (unpaired) electrons. The van der Waals surface area contributed by atoms with Crippen LogP contribution in [0.1, 0.15) is 38.8 Å². The average Bonchev–Trinajstić information content (AvgIpc) is 2.64. The van der Waals surface area contributed by atoms with Gasteiger partial charge in [-0.25, -0.2) is 0 Å². The Hall–Kier alpha value is -3.00. The van der Waals surface area contributed by atoms with Gasteiger partial charge in [-0.15, -0.1) is 0 Å². The molecule has 0 bridgehead atoms. The fourth-order valence-electron chi connectivity index (χ4n) is 2.59. The fraction of sp³-hybridized carbons (Fsp3) is 0.364. The Bertz CT molecular complexity index is 809. The number of hydrogen-bond acceptors (Lipinski definition) is 4. The normalized spacial score (nSPS) is 11.7. The van der Waals surface area contributed by atoms with Crippen molar-refractivity contribution in [3.05, 3.63) is 59.7 Å². The monoisotopic (exact) mass is 366 g/mol. The van der Waals surface area contributed by atoms with Crippen molar-refractivity contribution in [1.29, 1.82) is 5.26 Å². The predicted octanol–water partition coefficient (Wildman–Crippen LogP) is 4.07. The van der Waals surface area contributed by atoms with Gasteiger partial charge in [0.2, 0.25) is 0 Å². The lowest BCUT2D eigenvalue weighted by Crippen LogP contribution is -2.41. The van der Waals surface area contributed by atoms with Gasteiger partial charge in [-0.2, -0.15) is 5.26 Å². The Labute approximate surface area is 160 Å². The molecule has 2 aromatic rings. The highest BCUT2D eigenvalue weighted by atomic mass is 16.5. The number of carbonyl (C=O) groups is 1. The van der Waals surface area contributed by atoms with E-state index in [1.807, 2.05) is 52.0 Å². The summed E-state index contributed by atoms with van der Waals surface area (Å²) in [4.78, 5) is 12.7. The molecule has 0 aliphatic rings.